The molecule has 0 unspecified atom stereocenters. The van der Waals surface area contributed by atoms with Crippen LogP contribution in [0.4, 0.5) is 5.00 Å². The molecule has 5 heteroatoms. The van der Waals surface area contributed by atoms with Crippen molar-refractivity contribution in [2.45, 2.75) is 13.3 Å². The molecule has 0 bridgehead atoms. The first-order valence-corrected chi connectivity index (χ1v) is 5.89. The predicted molar refractivity (Wildman–Crippen MR) is 67.1 cm³/mol. The molecule has 0 saturated heterocycles. The number of nitrogens with two attached hydrogens (primary N) is 1. The minimum atomic E-state index is -0.345. The van der Waals surface area contributed by atoms with Gasteiger partial charge in [0.25, 0.3) is 0 Å². The lowest BCUT2D eigenvalue weighted by molar-refractivity contribution is 0.0601. The van der Waals surface area contributed by atoms with Crippen molar-refractivity contribution in [3.8, 4) is 0 Å². The van der Waals surface area contributed by atoms with Gasteiger partial charge in [0, 0.05) is 11.4 Å². The summed E-state index contributed by atoms with van der Waals surface area (Å²) in [6, 6.07) is 0. The first kappa shape index (κ1) is 13.0. The minimum absolute atomic E-state index is 0.345. The molecular formula is C11H18N2O2S. The Balaban J connectivity index is 2.93. The van der Waals surface area contributed by atoms with Gasteiger partial charge in [-0.05, 0) is 33.0 Å². The molecule has 0 spiro atoms. The van der Waals surface area contributed by atoms with Gasteiger partial charge in [-0.15, -0.1) is 11.3 Å². The number of thiophene rings is 1. The van der Waals surface area contributed by atoms with Crippen LogP contribution in [-0.4, -0.2) is 38.6 Å². The van der Waals surface area contributed by atoms with E-state index in [4.69, 9.17) is 10.5 Å². The summed E-state index contributed by atoms with van der Waals surface area (Å²) < 4.78 is 4.71. The Morgan fingerprint density at radius 2 is 2.12 bits per heavy atom. The predicted octanol–water partition coefficient (Wildman–Crippen LogP) is 1.53. The van der Waals surface area contributed by atoms with Crippen LogP contribution in [-0.2, 0) is 11.2 Å². The normalized spacial score (nSPS) is 10.8. The zero-order chi connectivity index (χ0) is 12.3. The van der Waals surface area contributed by atoms with Crippen LogP contribution in [0.2, 0.25) is 0 Å². The van der Waals surface area contributed by atoms with Crippen molar-refractivity contribution in [1.82, 2.24) is 4.90 Å². The van der Waals surface area contributed by atoms with Gasteiger partial charge in [-0.1, -0.05) is 0 Å². The van der Waals surface area contributed by atoms with Crippen molar-refractivity contribution >= 4 is 22.3 Å². The summed E-state index contributed by atoms with van der Waals surface area (Å²) in [6.45, 7) is 2.87. The van der Waals surface area contributed by atoms with Gasteiger partial charge >= 0.3 is 5.97 Å². The van der Waals surface area contributed by atoms with Crippen molar-refractivity contribution in [3.63, 3.8) is 0 Å². The summed E-state index contributed by atoms with van der Waals surface area (Å²) in [6.07, 6.45) is 0.907. The second-order valence-corrected chi connectivity index (χ2v) is 5.07. The van der Waals surface area contributed by atoms with Crippen molar-refractivity contribution in [2.24, 2.45) is 0 Å². The van der Waals surface area contributed by atoms with Gasteiger partial charge in [0.2, 0.25) is 0 Å². The number of anilines is 1. The van der Waals surface area contributed by atoms with Gasteiger partial charge < -0.3 is 15.4 Å². The molecule has 90 valence electrons. The number of nitrogen functional groups attached to an aromatic ring is 1. The molecule has 1 heterocycles. The Bertz CT molecular complexity index is 386. The largest absolute Gasteiger partial charge is 0.465 e. The van der Waals surface area contributed by atoms with Crippen LogP contribution in [0, 0.1) is 6.92 Å². The average molecular weight is 242 g/mol. The van der Waals surface area contributed by atoms with Gasteiger partial charge in [0.05, 0.1) is 12.7 Å². The van der Waals surface area contributed by atoms with E-state index in [-0.39, 0.29) is 5.97 Å². The number of hydrogen-bond donors (Lipinski definition) is 1. The van der Waals surface area contributed by atoms with Crippen LogP contribution in [0.1, 0.15) is 20.8 Å². The second kappa shape index (κ2) is 5.32. The van der Waals surface area contributed by atoms with E-state index in [1.54, 1.807) is 0 Å². The lowest BCUT2D eigenvalue weighted by Gasteiger charge is -2.08. The maximum absolute atomic E-state index is 11.5. The third kappa shape index (κ3) is 2.74. The second-order valence-electron chi connectivity index (χ2n) is 3.93. The van der Waals surface area contributed by atoms with E-state index in [9.17, 15) is 4.79 Å². The molecule has 1 aromatic rings. The van der Waals surface area contributed by atoms with Crippen LogP contribution >= 0.6 is 11.3 Å². The molecule has 0 aliphatic heterocycles. The molecule has 1 rings (SSSR count). The molecule has 2 N–H and O–H groups in total. The molecule has 16 heavy (non-hydrogen) atoms. The van der Waals surface area contributed by atoms with Gasteiger partial charge in [-0.3, -0.25) is 0 Å². The van der Waals surface area contributed by atoms with Crippen LogP contribution < -0.4 is 5.73 Å². The smallest absolute Gasteiger partial charge is 0.341 e. The summed E-state index contributed by atoms with van der Waals surface area (Å²) >= 11 is 1.48. The minimum Gasteiger partial charge on any atom is -0.465 e. The molecule has 1 aromatic heterocycles. The fraction of sp³-hybridized carbons (Fsp3) is 0.545. The molecule has 0 aliphatic rings. The van der Waals surface area contributed by atoms with E-state index in [1.807, 2.05) is 21.0 Å². The third-order valence-electron chi connectivity index (χ3n) is 2.45. The average Bonchev–Trinajstić information content (AvgIpc) is 2.50. The summed E-state index contributed by atoms with van der Waals surface area (Å²) in [5, 5.41) is 0.554. The third-order valence-corrected chi connectivity index (χ3v) is 3.63. The zero-order valence-corrected chi connectivity index (χ0v) is 11.0. The number of ether oxygens (including phenoxy) is 1. The van der Waals surface area contributed by atoms with Crippen LogP contribution in [0.5, 0.6) is 0 Å². The molecule has 0 radical (unpaired) electrons. The quantitative estimate of drug-likeness (QED) is 0.814. The van der Waals surface area contributed by atoms with E-state index in [1.165, 1.54) is 18.4 Å². The monoisotopic (exact) mass is 242 g/mol. The van der Waals surface area contributed by atoms with E-state index in [0.29, 0.717) is 10.6 Å². The number of hydrogen-bond acceptors (Lipinski definition) is 5. The van der Waals surface area contributed by atoms with Crippen molar-refractivity contribution in [3.05, 3.63) is 16.0 Å². The number of carbonyl (C=O) groups excluding carboxylic acids is 1. The lowest BCUT2D eigenvalue weighted by Crippen LogP contribution is -2.15. The van der Waals surface area contributed by atoms with Gasteiger partial charge in [-0.2, -0.15) is 0 Å². The summed E-state index contributed by atoms with van der Waals surface area (Å²) in [5.41, 5.74) is 7.31. The summed E-state index contributed by atoms with van der Waals surface area (Å²) in [5.74, 6) is -0.345. The Morgan fingerprint density at radius 1 is 1.50 bits per heavy atom. The molecule has 4 nitrogen and oxygen atoms in total. The van der Waals surface area contributed by atoms with Crippen LogP contribution in [0.25, 0.3) is 0 Å². The highest BCUT2D eigenvalue weighted by atomic mass is 32.1. The molecule has 0 fully saturated rings. The Hall–Kier alpha value is -1.07. The van der Waals surface area contributed by atoms with Crippen LogP contribution in [0.15, 0.2) is 0 Å². The molecule has 0 amide bonds. The number of carbonyl (C=O) groups is 1. The molecule has 0 aromatic carbocycles. The number of esters is 1. The highest BCUT2D eigenvalue weighted by molar-refractivity contribution is 7.16. The first-order valence-electron chi connectivity index (χ1n) is 5.08. The fourth-order valence-corrected chi connectivity index (χ4v) is 2.56. The molecule has 0 atom stereocenters. The number of likely N-dealkylation sites (N-methyl/N-ethyl adjacent to an activating group) is 1. The summed E-state index contributed by atoms with van der Waals surface area (Å²) in [4.78, 5) is 14.8. The lowest BCUT2D eigenvalue weighted by atomic mass is 10.1. The molecular weight excluding hydrogens is 224 g/mol. The van der Waals surface area contributed by atoms with Gasteiger partial charge in [-0.25, -0.2) is 4.79 Å². The van der Waals surface area contributed by atoms with E-state index in [0.717, 1.165) is 23.4 Å². The van der Waals surface area contributed by atoms with Gasteiger partial charge in [0.1, 0.15) is 5.00 Å². The Kier molecular flexibility index (Phi) is 4.32. The maximum atomic E-state index is 11.5. The van der Waals surface area contributed by atoms with Crippen molar-refractivity contribution in [1.29, 1.82) is 0 Å². The number of nitrogens with zero attached hydrogens (tertiary/aromatic N) is 1. The van der Waals surface area contributed by atoms with Crippen molar-refractivity contribution < 1.29 is 9.53 Å². The van der Waals surface area contributed by atoms with Crippen molar-refractivity contribution in [2.75, 3.05) is 33.5 Å². The highest BCUT2D eigenvalue weighted by Crippen LogP contribution is 2.31. The molecule has 0 saturated carbocycles. The van der Waals surface area contributed by atoms with E-state index >= 15 is 0 Å². The number of methoxy groups -OCH3 is 1. The zero-order valence-electron chi connectivity index (χ0n) is 10.2. The van der Waals surface area contributed by atoms with E-state index < -0.39 is 0 Å². The maximum Gasteiger partial charge on any atom is 0.341 e. The number of rotatable bonds is 4. The fourth-order valence-electron chi connectivity index (χ4n) is 1.50. The highest BCUT2D eigenvalue weighted by Gasteiger charge is 2.19. The van der Waals surface area contributed by atoms with Gasteiger partial charge in [0.15, 0.2) is 0 Å². The topological polar surface area (TPSA) is 55.6 Å². The Labute approximate surface area is 100 Å². The first-order chi connectivity index (χ1) is 7.47. The summed E-state index contributed by atoms with van der Waals surface area (Å²) in [7, 11) is 5.42. The van der Waals surface area contributed by atoms with Crippen LogP contribution in [0.3, 0.4) is 0 Å². The van der Waals surface area contributed by atoms with E-state index in [2.05, 4.69) is 4.90 Å². The molecule has 0 aliphatic carbocycles. The standard InChI is InChI=1S/C11H18N2O2S/c1-7-8(5-6-13(2)3)16-10(12)9(7)11(14)15-4/h5-6,12H2,1-4H3. The Morgan fingerprint density at radius 3 is 2.62 bits per heavy atom. The SMILES string of the molecule is COC(=O)c1c(N)sc(CCN(C)C)c1C.